The predicted octanol–water partition coefficient (Wildman–Crippen LogP) is 2.79. The van der Waals surface area contributed by atoms with Crippen LogP contribution in [0.15, 0.2) is 48.7 Å². The van der Waals surface area contributed by atoms with Gasteiger partial charge in [-0.3, -0.25) is 4.68 Å². The fourth-order valence-electron chi connectivity index (χ4n) is 3.63. The van der Waals surface area contributed by atoms with E-state index < -0.39 is 5.97 Å². The monoisotopic (exact) mass is 348 g/mol. The van der Waals surface area contributed by atoms with Crippen LogP contribution in [0.4, 0.5) is 5.69 Å². The molecule has 0 radical (unpaired) electrons. The van der Waals surface area contributed by atoms with Gasteiger partial charge < -0.3 is 10.0 Å². The van der Waals surface area contributed by atoms with Crippen molar-refractivity contribution in [1.29, 1.82) is 0 Å². The normalized spacial score (nSPS) is 14.0. The molecule has 1 aromatic carbocycles. The molecule has 1 N–H and O–H groups in total. The number of carboxylic acid groups (broad SMARTS) is 1. The van der Waals surface area contributed by atoms with Crippen LogP contribution in [0.3, 0.4) is 0 Å². The zero-order valence-corrected chi connectivity index (χ0v) is 14.6. The first-order valence-electron chi connectivity index (χ1n) is 8.68. The van der Waals surface area contributed by atoms with Crippen LogP contribution < -0.4 is 4.90 Å². The van der Waals surface area contributed by atoms with Gasteiger partial charge in [0.2, 0.25) is 0 Å². The lowest BCUT2D eigenvalue weighted by molar-refractivity contribution is 0.0690. The molecule has 0 saturated carbocycles. The molecule has 0 fully saturated rings. The summed E-state index contributed by atoms with van der Waals surface area (Å²) in [5.41, 5.74) is 5.73. The van der Waals surface area contributed by atoms with E-state index in [1.807, 2.05) is 36.0 Å². The Kier molecular flexibility index (Phi) is 4.16. The summed E-state index contributed by atoms with van der Waals surface area (Å²) in [7, 11) is 2.00. The maximum atomic E-state index is 11.2. The quantitative estimate of drug-likeness (QED) is 0.788. The zero-order valence-electron chi connectivity index (χ0n) is 14.6. The average Bonchev–Trinajstić information content (AvgIpc) is 2.83. The third-order valence-electron chi connectivity index (χ3n) is 4.85. The fraction of sp³-hybridized carbons (Fsp3) is 0.250. The molecule has 0 unspecified atom stereocenters. The molecule has 4 rings (SSSR count). The SMILES string of the molecule is Cn1nc2c(c1-c1ccccc1)CCN(c1ccnc(C(=O)O)c1)CC2. The third kappa shape index (κ3) is 2.94. The van der Waals surface area contributed by atoms with Crippen LogP contribution in [0, 0.1) is 0 Å². The van der Waals surface area contributed by atoms with Gasteiger partial charge in [-0.05, 0) is 18.6 Å². The predicted molar refractivity (Wildman–Crippen MR) is 99.5 cm³/mol. The summed E-state index contributed by atoms with van der Waals surface area (Å²) < 4.78 is 1.98. The second kappa shape index (κ2) is 6.63. The number of pyridine rings is 1. The largest absolute Gasteiger partial charge is 0.477 e. The fourth-order valence-corrected chi connectivity index (χ4v) is 3.63. The van der Waals surface area contributed by atoms with Crippen molar-refractivity contribution in [3.05, 3.63) is 65.6 Å². The summed E-state index contributed by atoms with van der Waals surface area (Å²) in [6.45, 7) is 1.63. The molecule has 3 heterocycles. The molecule has 0 saturated heterocycles. The number of benzene rings is 1. The third-order valence-corrected chi connectivity index (χ3v) is 4.85. The van der Waals surface area contributed by atoms with Crippen molar-refractivity contribution in [2.24, 2.45) is 7.05 Å². The number of hydrogen-bond donors (Lipinski definition) is 1. The molecule has 2 aromatic heterocycles. The van der Waals surface area contributed by atoms with Crippen molar-refractivity contribution in [3.8, 4) is 11.3 Å². The van der Waals surface area contributed by atoms with E-state index in [-0.39, 0.29) is 5.69 Å². The minimum absolute atomic E-state index is 0.0770. The van der Waals surface area contributed by atoms with Crippen molar-refractivity contribution >= 4 is 11.7 Å². The van der Waals surface area contributed by atoms with E-state index >= 15 is 0 Å². The number of aryl methyl sites for hydroxylation is 1. The molecule has 6 heteroatoms. The molecule has 3 aromatic rings. The van der Waals surface area contributed by atoms with Crippen LogP contribution in [-0.4, -0.2) is 38.9 Å². The maximum absolute atomic E-state index is 11.2. The number of carboxylic acids is 1. The lowest BCUT2D eigenvalue weighted by atomic mass is 10.0. The van der Waals surface area contributed by atoms with E-state index in [9.17, 15) is 9.90 Å². The van der Waals surface area contributed by atoms with Gasteiger partial charge >= 0.3 is 5.97 Å². The number of carbonyl (C=O) groups is 1. The van der Waals surface area contributed by atoms with Gasteiger partial charge in [-0.15, -0.1) is 0 Å². The van der Waals surface area contributed by atoms with Crippen molar-refractivity contribution in [2.45, 2.75) is 12.8 Å². The van der Waals surface area contributed by atoms with E-state index in [0.29, 0.717) is 0 Å². The van der Waals surface area contributed by atoms with Gasteiger partial charge in [0.25, 0.3) is 0 Å². The number of hydrogen-bond acceptors (Lipinski definition) is 4. The Hall–Kier alpha value is -3.15. The van der Waals surface area contributed by atoms with E-state index in [4.69, 9.17) is 5.10 Å². The zero-order chi connectivity index (χ0) is 18.1. The highest BCUT2D eigenvalue weighted by atomic mass is 16.4. The molecule has 0 amide bonds. The lowest BCUT2D eigenvalue weighted by Gasteiger charge is -2.22. The smallest absolute Gasteiger partial charge is 0.354 e. The Morgan fingerprint density at radius 3 is 2.65 bits per heavy atom. The molecule has 1 aliphatic rings. The molecule has 1 aliphatic heterocycles. The van der Waals surface area contributed by atoms with Gasteiger partial charge in [-0.25, -0.2) is 9.78 Å². The number of anilines is 1. The van der Waals surface area contributed by atoms with Crippen LogP contribution in [0.2, 0.25) is 0 Å². The Labute approximate surface area is 151 Å². The van der Waals surface area contributed by atoms with Crippen molar-refractivity contribution in [3.63, 3.8) is 0 Å². The van der Waals surface area contributed by atoms with E-state index in [1.54, 1.807) is 12.3 Å². The van der Waals surface area contributed by atoms with Crippen LogP contribution in [0.1, 0.15) is 21.7 Å². The maximum Gasteiger partial charge on any atom is 0.354 e. The molecule has 0 spiro atoms. The standard InChI is InChI=1S/C20H20N4O2/c1-23-19(14-5-3-2-4-6-14)16-8-11-24(12-9-17(16)22-23)15-7-10-21-18(13-15)20(25)26/h2-7,10,13H,8-9,11-12H2,1H3,(H,25,26). The summed E-state index contributed by atoms with van der Waals surface area (Å²) in [4.78, 5) is 17.3. The highest BCUT2D eigenvalue weighted by Gasteiger charge is 2.22. The lowest BCUT2D eigenvalue weighted by Crippen LogP contribution is -2.26. The van der Waals surface area contributed by atoms with Crippen molar-refractivity contribution in [2.75, 3.05) is 18.0 Å². The van der Waals surface area contributed by atoms with E-state index in [2.05, 4.69) is 22.0 Å². The summed E-state index contributed by atoms with van der Waals surface area (Å²) in [5.74, 6) is -1.00. The number of nitrogens with zero attached hydrogens (tertiary/aromatic N) is 4. The first kappa shape index (κ1) is 16.3. The Morgan fingerprint density at radius 2 is 1.88 bits per heavy atom. The van der Waals surface area contributed by atoms with Crippen LogP contribution in [0.25, 0.3) is 11.3 Å². The molecule has 132 valence electrons. The molecule has 6 nitrogen and oxygen atoms in total. The Bertz CT molecular complexity index is 950. The highest BCUT2D eigenvalue weighted by Crippen LogP contribution is 2.29. The molecule has 0 aliphatic carbocycles. The van der Waals surface area contributed by atoms with Crippen molar-refractivity contribution in [1.82, 2.24) is 14.8 Å². The Morgan fingerprint density at radius 1 is 1.12 bits per heavy atom. The van der Waals surface area contributed by atoms with E-state index in [0.717, 1.165) is 37.3 Å². The first-order chi connectivity index (χ1) is 12.6. The van der Waals surface area contributed by atoms with Gasteiger partial charge in [-0.2, -0.15) is 5.10 Å². The Balaban J connectivity index is 1.64. The number of fused-ring (bicyclic) bond motifs is 1. The molecular formula is C20H20N4O2. The summed E-state index contributed by atoms with van der Waals surface area (Å²) >= 11 is 0. The molecule has 0 bridgehead atoms. The summed E-state index contributed by atoms with van der Waals surface area (Å²) in [5, 5.41) is 13.9. The molecule has 0 atom stereocenters. The highest BCUT2D eigenvalue weighted by molar-refractivity contribution is 5.86. The minimum atomic E-state index is -1.00. The molecular weight excluding hydrogens is 328 g/mol. The second-order valence-electron chi connectivity index (χ2n) is 6.45. The van der Waals surface area contributed by atoms with Gasteiger partial charge in [0.15, 0.2) is 0 Å². The van der Waals surface area contributed by atoms with Gasteiger partial charge in [0.05, 0.1) is 11.4 Å². The van der Waals surface area contributed by atoms with Crippen LogP contribution in [-0.2, 0) is 19.9 Å². The number of aromatic nitrogens is 3. The summed E-state index contributed by atoms with van der Waals surface area (Å²) in [6.07, 6.45) is 3.27. The molecule has 26 heavy (non-hydrogen) atoms. The van der Waals surface area contributed by atoms with Gasteiger partial charge in [-0.1, -0.05) is 30.3 Å². The number of aromatic carboxylic acids is 1. The number of rotatable bonds is 3. The minimum Gasteiger partial charge on any atom is -0.477 e. The van der Waals surface area contributed by atoms with Crippen LogP contribution >= 0.6 is 0 Å². The van der Waals surface area contributed by atoms with Crippen LogP contribution in [0.5, 0.6) is 0 Å². The van der Waals surface area contributed by atoms with E-state index in [1.165, 1.54) is 16.8 Å². The topological polar surface area (TPSA) is 71.2 Å². The summed E-state index contributed by atoms with van der Waals surface area (Å²) in [6, 6.07) is 13.8. The average molecular weight is 348 g/mol. The van der Waals surface area contributed by atoms with Gasteiger partial charge in [0, 0.05) is 49.6 Å². The van der Waals surface area contributed by atoms with Crippen molar-refractivity contribution < 1.29 is 9.90 Å². The first-order valence-corrected chi connectivity index (χ1v) is 8.68. The second-order valence-corrected chi connectivity index (χ2v) is 6.45. The van der Waals surface area contributed by atoms with Gasteiger partial charge in [0.1, 0.15) is 5.69 Å².